The summed E-state index contributed by atoms with van der Waals surface area (Å²) in [5.41, 5.74) is 0.598. The Morgan fingerprint density at radius 3 is 2.60 bits per heavy atom. The van der Waals surface area contributed by atoms with Crippen molar-refractivity contribution in [1.82, 2.24) is 0 Å². The highest BCUT2D eigenvalue weighted by Gasteiger charge is 2.48. The monoisotopic (exact) mass is 298 g/mol. The van der Waals surface area contributed by atoms with E-state index in [1.807, 2.05) is 0 Å². The summed E-state index contributed by atoms with van der Waals surface area (Å²) in [5, 5.41) is 21.9. The van der Waals surface area contributed by atoms with Gasteiger partial charge in [-0.1, -0.05) is 11.6 Å². The normalized spacial score (nSPS) is 20.3. The molecule has 1 saturated carbocycles. The summed E-state index contributed by atoms with van der Waals surface area (Å²) in [7, 11) is 0. The Labute approximate surface area is 118 Å². The van der Waals surface area contributed by atoms with Crippen molar-refractivity contribution in [2.75, 3.05) is 5.32 Å². The number of carbonyl (C=O) groups excluding carboxylic acids is 1. The van der Waals surface area contributed by atoms with Gasteiger partial charge in [0.15, 0.2) is 0 Å². The van der Waals surface area contributed by atoms with Crippen LogP contribution in [-0.4, -0.2) is 21.9 Å². The zero-order chi connectivity index (χ0) is 15.0. The number of hydrogen-bond acceptors (Lipinski definition) is 4. The molecule has 1 aromatic rings. The van der Waals surface area contributed by atoms with E-state index in [9.17, 15) is 19.7 Å². The van der Waals surface area contributed by atoms with Crippen LogP contribution in [0.3, 0.4) is 0 Å². The molecular weight excluding hydrogens is 288 g/mol. The average Bonchev–Trinajstić information content (AvgIpc) is 3.13. The van der Waals surface area contributed by atoms with Gasteiger partial charge in [-0.25, -0.2) is 0 Å². The van der Waals surface area contributed by atoms with Crippen LogP contribution in [0.2, 0.25) is 5.02 Å². The summed E-state index contributed by atoms with van der Waals surface area (Å²) in [6.07, 6.45) is 0.306. The number of carboxylic acids is 1. The predicted molar refractivity (Wildman–Crippen MR) is 70.7 cm³/mol. The number of nitrogens with zero attached hydrogens (tertiary/aromatic N) is 1. The SMILES string of the molecule is Cc1cc([N+](=O)[O-])c(Cl)cc1NC(=O)[C@@H]1C[C@@H]1C(=O)O. The van der Waals surface area contributed by atoms with Crippen LogP contribution < -0.4 is 5.32 Å². The fourth-order valence-electron chi connectivity index (χ4n) is 1.92. The lowest BCUT2D eigenvalue weighted by Gasteiger charge is -2.08. The van der Waals surface area contributed by atoms with Gasteiger partial charge in [-0.15, -0.1) is 0 Å². The molecule has 0 radical (unpaired) electrons. The average molecular weight is 299 g/mol. The molecule has 2 atom stereocenters. The fraction of sp³-hybridized carbons (Fsp3) is 0.333. The maximum absolute atomic E-state index is 11.8. The summed E-state index contributed by atoms with van der Waals surface area (Å²) in [5.74, 6) is -2.61. The molecule has 0 bridgehead atoms. The number of rotatable bonds is 4. The van der Waals surface area contributed by atoms with Crippen molar-refractivity contribution in [2.24, 2.45) is 11.8 Å². The number of carboxylic acid groups (broad SMARTS) is 1. The molecule has 0 heterocycles. The van der Waals surface area contributed by atoms with E-state index in [0.717, 1.165) is 0 Å². The summed E-state index contributed by atoms with van der Waals surface area (Å²) in [6, 6.07) is 2.56. The Kier molecular flexibility index (Phi) is 3.63. The van der Waals surface area contributed by atoms with Crippen LogP contribution in [0.5, 0.6) is 0 Å². The molecule has 0 aliphatic heterocycles. The number of benzene rings is 1. The van der Waals surface area contributed by atoms with Crippen molar-refractivity contribution in [3.05, 3.63) is 32.8 Å². The van der Waals surface area contributed by atoms with Gasteiger partial charge in [0.1, 0.15) is 5.02 Å². The Balaban J connectivity index is 2.15. The van der Waals surface area contributed by atoms with Crippen molar-refractivity contribution >= 4 is 34.9 Å². The molecular formula is C12H11ClN2O5. The van der Waals surface area contributed by atoms with Crippen molar-refractivity contribution in [1.29, 1.82) is 0 Å². The van der Waals surface area contributed by atoms with Gasteiger partial charge in [0, 0.05) is 11.8 Å². The highest BCUT2D eigenvalue weighted by molar-refractivity contribution is 6.33. The minimum absolute atomic E-state index is 0.0820. The second-order valence-electron chi connectivity index (χ2n) is 4.65. The van der Waals surface area contributed by atoms with Crippen LogP contribution in [0.25, 0.3) is 0 Å². The molecule has 2 N–H and O–H groups in total. The Morgan fingerprint density at radius 2 is 2.10 bits per heavy atom. The lowest BCUT2D eigenvalue weighted by molar-refractivity contribution is -0.384. The third-order valence-corrected chi connectivity index (χ3v) is 3.50. The maximum atomic E-state index is 11.8. The minimum Gasteiger partial charge on any atom is -0.481 e. The molecule has 20 heavy (non-hydrogen) atoms. The number of nitro benzene ring substituents is 1. The third kappa shape index (κ3) is 2.72. The smallest absolute Gasteiger partial charge is 0.307 e. The predicted octanol–water partition coefficient (Wildman–Crippen LogP) is 2.22. The van der Waals surface area contributed by atoms with Crippen LogP contribution in [-0.2, 0) is 9.59 Å². The number of hydrogen-bond donors (Lipinski definition) is 2. The fourth-order valence-corrected chi connectivity index (χ4v) is 2.16. The molecule has 0 saturated heterocycles. The Bertz CT molecular complexity index is 616. The number of amides is 1. The molecule has 1 aliphatic carbocycles. The maximum Gasteiger partial charge on any atom is 0.307 e. The van der Waals surface area contributed by atoms with E-state index in [0.29, 0.717) is 17.7 Å². The number of anilines is 1. The molecule has 7 nitrogen and oxygen atoms in total. The van der Waals surface area contributed by atoms with Gasteiger partial charge in [-0.3, -0.25) is 19.7 Å². The first-order valence-electron chi connectivity index (χ1n) is 5.79. The topological polar surface area (TPSA) is 110 Å². The summed E-state index contributed by atoms with van der Waals surface area (Å²) < 4.78 is 0. The van der Waals surface area contributed by atoms with Crippen LogP contribution in [0.15, 0.2) is 12.1 Å². The minimum atomic E-state index is -0.997. The van der Waals surface area contributed by atoms with Gasteiger partial charge in [0.05, 0.1) is 16.8 Å². The third-order valence-electron chi connectivity index (χ3n) is 3.19. The van der Waals surface area contributed by atoms with Crippen LogP contribution >= 0.6 is 11.6 Å². The molecule has 0 aromatic heterocycles. The van der Waals surface area contributed by atoms with Gasteiger partial charge in [0.2, 0.25) is 5.91 Å². The standard InChI is InChI=1S/C12H11ClN2O5/c1-5-2-10(15(19)20)8(13)4-9(5)14-11(16)6-3-7(6)12(17)18/h2,4,6-7H,3H2,1H3,(H,14,16)(H,17,18)/t6-,7+/m1/s1. The Hall–Kier alpha value is -2.15. The highest BCUT2D eigenvalue weighted by atomic mass is 35.5. The second kappa shape index (κ2) is 5.09. The zero-order valence-corrected chi connectivity index (χ0v) is 11.2. The largest absolute Gasteiger partial charge is 0.481 e. The number of aryl methyl sites for hydroxylation is 1. The molecule has 2 rings (SSSR count). The van der Waals surface area contributed by atoms with Crippen molar-refractivity contribution in [3.8, 4) is 0 Å². The van der Waals surface area contributed by atoms with Crippen molar-refractivity contribution < 1.29 is 19.6 Å². The van der Waals surface area contributed by atoms with E-state index in [1.165, 1.54) is 12.1 Å². The van der Waals surface area contributed by atoms with E-state index in [2.05, 4.69) is 5.32 Å². The lowest BCUT2D eigenvalue weighted by atomic mass is 10.1. The van der Waals surface area contributed by atoms with Crippen LogP contribution in [0, 0.1) is 28.9 Å². The highest BCUT2D eigenvalue weighted by Crippen LogP contribution is 2.40. The summed E-state index contributed by atoms with van der Waals surface area (Å²) >= 11 is 5.77. The molecule has 1 amide bonds. The van der Waals surface area contributed by atoms with Gasteiger partial charge >= 0.3 is 5.97 Å². The van der Waals surface area contributed by atoms with Crippen molar-refractivity contribution in [2.45, 2.75) is 13.3 Å². The van der Waals surface area contributed by atoms with Gasteiger partial charge < -0.3 is 10.4 Å². The first kappa shape index (κ1) is 14.3. The zero-order valence-electron chi connectivity index (χ0n) is 10.4. The molecule has 1 aliphatic rings. The van der Waals surface area contributed by atoms with E-state index in [1.54, 1.807) is 6.92 Å². The summed E-state index contributed by atoms with van der Waals surface area (Å²) in [6.45, 7) is 1.60. The lowest BCUT2D eigenvalue weighted by Crippen LogP contribution is -2.17. The van der Waals surface area contributed by atoms with Crippen LogP contribution in [0.4, 0.5) is 11.4 Å². The molecule has 8 heteroatoms. The molecule has 0 unspecified atom stereocenters. The van der Waals surface area contributed by atoms with Gasteiger partial charge in [-0.05, 0) is 25.0 Å². The number of nitro groups is 1. The number of aliphatic carboxylic acids is 1. The quantitative estimate of drug-likeness (QED) is 0.654. The molecule has 1 aromatic carbocycles. The van der Waals surface area contributed by atoms with Gasteiger partial charge in [0.25, 0.3) is 5.69 Å². The first-order valence-corrected chi connectivity index (χ1v) is 6.17. The molecule has 1 fully saturated rings. The van der Waals surface area contributed by atoms with E-state index < -0.39 is 28.6 Å². The van der Waals surface area contributed by atoms with E-state index >= 15 is 0 Å². The van der Waals surface area contributed by atoms with E-state index in [-0.39, 0.29) is 10.7 Å². The molecule has 106 valence electrons. The van der Waals surface area contributed by atoms with Crippen molar-refractivity contribution in [3.63, 3.8) is 0 Å². The van der Waals surface area contributed by atoms with E-state index in [4.69, 9.17) is 16.7 Å². The first-order chi connectivity index (χ1) is 9.31. The number of halogens is 1. The Morgan fingerprint density at radius 1 is 1.45 bits per heavy atom. The molecule has 0 spiro atoms. The van der Waals surface area contributed by atoms with Crippen LogP contribution in [0.1, 0.15) is 12.0 Å². The number of carbonyl (C=O) groups is 2. The second-order valence-corrected chi connectivity index (χ2v) is 5.06. The van der Waals surface area contributed by atoms with Gasteiger partial charge in [-0.2, -0.15) is 0 Å². The summed E-state index contributed by atoms with van der Waals surface area (Å²) in [4.78, 5) is 32.6. The number of nitrogens with one attached hydrogen (secondary N) is 1.